The van der Waals surface area contributed by atoms with Gasteiger partial charge in [0.05, 0.1) is 17.3 Å². The first-order valence-electron chi connectivity index (χ1n) is 8.91. The van der Waals surface area contributed by atoms with Crippen LogP contribution < -0.4 is 20.9 Å². The molecular weight excluding hydrogens is 370 g/mol. The molecule has 2 aromatic heterocycles. The molecule has 0 atom stereocenters. The van der Waals surface area contributed by atoms with Gasteiger partial charge in [-0.2, -0.15) is 15.0 Å². The number of anilines is 2. The van der Waals surface area contributed by atoms with Gasteiger partial charge in [-0.1, -0.05) is 18.2 Å². The predicted octanol–water partition coefficient (Wildman–Crippen LogP) is 2.14. The van der Waals surface area contributed by atoms with Crippen molar-refractivity contribution in [2.75, 3.05) is 24.7 Å². The van der Waals surface area contributed by atoms with Gasteiger partial charge in [0.25, 0.3) is 5.56 Å². The Morgan fingerprint density at radius 2 is 1.79 bits per heavy atom. The van der Waals surface area contributed by atoms with Crippen LogP contribution in [-0.2, 0) is 6.42 Å². The van der Waals surface area contributed by atoms with E-state index < -0.39 is 0 Å². The molecule has 4 rings (SSSR count). The van der Waals surface area contributed by atoms with Crippen LogP contribution in [0.1, 0.15) is 11.6 Å². The molecule has 9 nitrogen and oxygen atoms in total. The van der Waals surface area contributed by atoms with Crippen molar-refractivity contribution in [1.29, 1.82) is 0 Å². The Morgan fingerprint density at radius 1 is 1.00 bits per heavy atom. The third kappa shape index (κ3) is 4.13. The van der Waals surface area contributed by atoms with Crippen molar-refractivity contribution in [1.82, 2.24) is 24.9 Å². The number of nitrogens with two attached hydrogens (primary N) is 1. The van der Waals surface area contributed by atoms with Crippen molar-refractivity contribution in [2.24, 2.45) is 0 Å². The first-order chi connectivity index (χ1) is 14.0. The normalized spacial score (nSPS) is 10.8. The van der Waals surface area contributed by atoms with Crippen LogP contribution in [0.15, 0.2) is 53.3 Å². The largest absolute Gasteiger partial charge is 0.457 e. The number of aromatic nitrogens is 5. The highest BCUT2D eigenvalue weighted by atomic mass is 16.5. The first-order valence-corrected chi connectivity index (χ1v) is 8.91. The third-order valence-corrected chi connectivity index (χ3v) is 4.12. The van der Waals surface area contributed by atoms with Gasteiger partial charge in [-0.05, 0) is 30.3 Å². The quantitative estimate of drug-likeness (QED) is 0.532. The van der Waals surface area contributed by atoms with Gasteiger partial charge >= 0.3 is 0 Å². The summed E-state index contributed by atoms with van der Waals surface area (Å²) in [5.74, 6) is 2.67. The summed E-state index contributed by atoms with van der Waals surface area (Å²) < 4.78 is 5.79. The van der Waals surface area contributed by atoms with Crippen LogP contribution in [0.5, 0.6) is 11.5 Å². The van der Waals surface area contributed by atoms with Gasteiger partial charge in [0.2, 0.25) is 11.9 Å². The van der Waals surface area contributed by atoms with Gasteiger partial charge in [-0.3, -0.25) is 4.79 Å². The number of hydrogen-bond donors (Lipinski definition) is 2. The molecule has 0 saturated carbocycles. The average Bonchev–Trinajstić information content (AvgIpc) is 2.69. The number of aromatic amines is 1. The number of hydrogen-bond acceptors (Lipinski definition) is 8. The summed E-state index contributed by atoms with van der Waals surface area (Å²) in [4.78, 5) is 34.2. The van der Waals surface area contributed by atoms with Crippen LogP contribution >= 0.6 is 0 Å². The van der Waals surface area contributed by atoms with Crippen molar-refractivity contribution < 1.29 is 4.74 Å². The van der Waals surface area contributed by atoms with Crippen molar-refractivity contribution in [3.8, 4) is 11.5 Å². The lowest BCUT2D eigenvalue weighted by atomic mass is 10.2. The van der Waals surface area contributed by atoms with Crippen LogP contribution in [0.3, 0.4) is 0 Å². The minimum absolute atomic E-state index is 0.115. The zero-order valence-corrected chi connectivity index (χ0v) is 16.0. The monoisotopic (exact) mass is 389 g/mol. The smallest absolute Gasteiger partial charge is 0.258 e. The second-order valence-electron chi connectivity index (χ2n) is 6.59. The van der Waals surface area contributed by atoms with E-state index in [0.717, 1.165) is 0 Å². The van der Waals surface area contributed by atoms with Crippen LogP contribution in [0, 0.1) is 0 Å². The zero-order valence-electron chi connectivity index (χ0n) is 16.0. The fraction of sp³-hybridized carbons (Fsp3) is 0.150. The van der Waals surface area contributed by atoms with E-state index in [4.69, 9.17) is 10.5 Å². The maximum absolute atomic E-state index is 12.6. The van der Waals surface area contributed by atoms with Crippen molar-refractivity contribution in [3.05, 3.63) is 70.5 Å². The SMILES string of the molecule is CN(C)c1nc(N)nc(Cc2nc3ccc(Oc4ccccc4)cc3c(=O)[nH]2)n1. The summed E-state index contributed by atoms with van der Waals surface area (Å²) in [5, 5.41) is 0.436. The highest BCUT2D eigenvalue weighted by Crippen LogP contribution is 2.23. The number of rotatable bonds is 5. The van der Waals surface area contributed by atoms with Crippen molar-refractivity contribution in [2.45, 2.75) is 6.42 Å². The van der Waals surface area contributed by atoms with Crippen molar-refractivity contribution in [3.63, 3.8) is 0 Å². The third-order valence-electron chi connectivity index (χ3n) is 4.12. The summed E-state index contributed by atoms with van der Waals surface area (Å²) in [6, 6.07) is 14.6. The molecule has 0 aliphatic rings. The number of fused-ring (bicyclic) bond motifs is 1. The maximum atomic E-state index is 12.6. The molecule has 0 fully saturated rings. The molecule has 3 N–H and O–H groups in total. The van der Waals surface area contributed by atoms with Gasteiger partial charge in [0.15, 0.2) is 0 Å². The van der Waals surface area contributed by atoms with E-state index in [1.165, 1.54) is 0 Å². The minimum atomic E-state index is -0.265. The van der Waals surface area contributed by atoms with E-state index in [1.54, 1.807) is 23.1 Å². The Bertz CT molecular complexity index is 1220. The number of nitrogens with one attached hydrogen (secondary N) is 1. The van der Waals surface area contributed by atoms with E-state index in [0.29, 0.717) is 40.0 Å². The summed E-state index contributed by atoms with van der Waals surface area (Å²) >= 11 is 0. The second-order valence-corrected chi connectivity index (χ2v) is 6.59. The summed E-state index contributed by atoms with van der Waals surface area (Å²) in [5.41, 5.74) is 6.05. The zero-order chi connectivity index (χ0) is 20.4. The molecule has 0 amide bonds. The lowest BCUT2D eigenvalue weighted by Gasteiger charge is -2.11. The summed E-state index contributed by atoms with van der Waals surface area (Å²) in [6.45, 7) is 0. The van der Waals surface area contributed by atoms with E-state index in [-0.39, 0.29) is 17.9 Å². The molecule has 9 heteroatoms. The van der Waals surface area contributed by atoms with Crippen LogP contribution in [0.2, 0.25) is 0 Å². The number of para-hydroxylation sites is 1. The number of nitrogen functional groups attached to an aromatic ring is 1. The molecule has 0 spiro atoms. The Morgan fingerprint density at radius 3 is 2.55 bits per heavy atom. The number of benzene rings is 2. The van der Waals surface area contributed by atoms with Crippen LogP contribution in [-0.4, -0.2) is 39.0 Å². The lowest BCUT2D eigenvalue weighted by molar-refractivity contribution is 0.483. The first kappa shape index (κ1) is 18.4. The van der Waals surface area contributed by atoms with E-state index in [1.807, 2.05) is 44.4 Å². The standard InChI is InChI=1S/C20H19N7O2/c1-27(2)20-25-17(24-19(21)26-20)11-16-22-15-9-8-13(10-14(15)18(28)23-16)29-12-6-4-3-5-7-12/h3-10H,11H2,1-2H3,(H,22,23,28)(H2,21,24,25,26). The Labute approximate surface area is 166 Å². The molecule has 0 aliphatic carbocycles. The van der Waals surface area contributed by atoms with Crippen LogP contribution in [0.4, 0.5) is 11.9 Å². The van der Waals surface area contributed by atoms with Gasteiger partial charge in [0.1, 0.15) is 23.1 Å². The summed E-state index contributed by atoms with van der Waals surface area (Å²) in [6.07, 6.45) is 0.223. The Balaban J connectivity index is 1.64. The predicted molar refractivity (Wildman–Crippen MR) is 110 cm³/mol. The van der Waals surface area contributed by atoms with Crippen LogP contribution in [0.25, 0.3) is 10.9 Å². The van der Waals surface area contributed by atoms with Gasteiger partial charge in [-0.25, -0.2) is 4.98 Å². The molecule has 4 aromatic rings. The lowest BCUT2D eigenvalue weighted by Crippen LogP contribution is -2.17. The molecule has 0 bridgehead atoms. The minimum Gasteiger partial charge on any atom is -0.457 e. The topological polar surface area (TPSA) is 123 Å². The Hall–Kier alpha value is -4.01. The Kier molecular flexibility index (Phi) is 4.78. The van der Waals surface area contributed by atoms with E-state index >= 15 is 0 Å². The average molecular weight is 389 g/mol. The highest BCUT2D eigenvalue weighted by Gasteiger charge is 2.11. The number of ether oxygens (including phenoxy) is 1. The number of H-pyrrole nitrogens is 1. The highest BCUT2D eigenvalue weighted by molar-refractivity contribution is 5.79. The van der Waals surface area contributed by atoms with E-state index in [9.17, 15) is 4.79 Å². The fourth-order valence-electron chi connectivity index (χ4n) is 2.79. The van der Waals surface area contributed by atoms with E-state index in [2.05, 4.69) is 24.9 Å². The number of nitrogens with zero attached hydrogens (tertiary/aromatic N) is 5. The molecule has 2 heterocycles. The molecule has 29 heavy (non-hydrogen) atoms. The molecule has 0 radical (unpaired) electrons. The second kappa shape index (κ2) is 7.55. The molecule has 0 aliphatic heterocycles. The van der Waals surface area contributed by atoms with Gasteiger partial charge < -0.3 is 20.4 Å². The van der Waals surface area contributed by atoms with Crippen molar-refractivity contribution >= 4 is 22.8 Å². The fourth-order valence-corrected chi connectivity index (χ4v) is 2.79. The molecule has 0 unspecified atom stereocenters. The maximum Gasteiger partial charge on any atom is 0.258 e. The molecular formula is C20H19N7O2. The summed E-state index contributed by atoms with van der Waals surface area (Å²) in [7, 11) is 3.62. The molecule has 0 saturated heterocycles. The van der Waals surface area contributed by atoms with Gasteiger partial charge in [0, 0.05) is 14.1 Å². The molecule has 2 aromatic carbocycles. The molecule has 146 valence electrons. The van der Waals surface area contributed by atoms with Gasteiger partial charge in [-0.15, -0.1) is 0 Å².